The predicted molar refractivity (Wildman–Crippen MR) is 181 cm³/mol. The highest BCUT2D eigenvalue weighted by Crippen LogP contribution is 2.36. The zero-order valence-corrected chi connectivity index (χ0v) is 24.5. The van der Waals surface area contributed by atoms with E-state index in [-0.39, 0.29) is 5.41 Å². The van der Waals surface area contributed by atoms with Gasteiger partial charge in [-0.3, -0.25) is 4.99 Å². The molecule has 0 saturated heterocycles. The third-order valence-corrected chi connectivity index (χ3v) is 7.87. The predicted octanol–water partition coefficient (Wildman–Crippen LogP) is 10.4. The minimum atomic E-state index is -0.187. The molecule has 6 rings (SSSR count). The van der Waals surface area contributed by atoms with Crippen molar-refractivity contribution in [1.29, 1.82) is 0 Å². The zero-order valence-electron chi connectivity index (χ0n) is 24.5. The zero-order chi connectivity index (χ0) is 29.6. The Hall–Kier alpha value is -5.41. The summed E-state index contributed by atoms with van der Waals surface area (Å²) >= 11 is 0. The number of hydrogen-bond acceptors (Lipinski definition) is 3. The van der Waals surface area contributed by atoms with Crippen LogP contribution in [0.15, 0.2) is 157 Å². The monoisotopic (exact) mass is 555 g/mol. The van der Waals surface area contributed by atoms with Crippen molar-refractivity contribution in [3.63, 3.8) is 0 Å². The number of aromatic nitrogens is 2. The quantitative estimate of drug-likeness (QED) is 0.175. The van der Waals surface area contributed by atoms with Gasteiger partial charge in [0.1, 0.15) is 0 Å². The fourth-order valence-electron chi connectivity index (χ4n) is 5.32. The van der Waals surface area contributed by atoms with E-state index < -0.39 is 0 Å². The molecule has 0 aliphatic heterocycles. The van der Waals surface area contributed by atoms with Gasteiger partial charge in [-0.1, -0.05) is 154 Å². The van der Waals surface area contributed by atoms with Crippen LogP contribution in [0, 0.1) is 0 Å². The molecule has 0 bridgehead atoms. The van der Waals surface area contributed by atoms with Crippen LogP contribution >= 0.6 is 0 Å². The Balaban J connectivity index is 1.31. The average Bonchev–Trinajstić information content (AvgIpc) is 3.08. The van der Waals surface area contributed by atoms with Crippen molar-refractivity contribution < 1.29 is 0 Å². The van der Waals surface area contributed by atoms with Gasteiger partial charge in [0.15, 0.2) is 5.82 Å². The third-order valence-electron chi connectivity index (χ3n) is 7.87. The van der Waals surface area contributed by atoms with Gasteiger partial charge in [0.2, 0.25) is 0 Å². The lowest BCUT2D eigenvalue weighted by Crippen LogP contribution is -2.18. The number of allylic oxidation sites excluding steroid dienone is 1. The third kappa shape index (κ3) is 5.98. The Kier molecular flexibility index (Phi) is 7.88. The summed E-state index contributed by atoms with van der Waals surface area (Å²) in [4.78, 5) is 14.5. The van der Waals surface area contributed by atoms with Crippen LogP contribution in [0.2, 0.25) is 0 Å². The van der Waals surface area contributed by atoms with Gasteiger partial charge < -0.3 is 0 Å². The van der Waals surface area contributed by atoms with Crippen molar-refractivity contribution in [2.45, 2.75) is 19.3 Å². The Labute approximate surface area is 254 Å². The van der Waals surface area contributed by atoms with Gasteiger partial charge in [-0.25, -0.2) is 9.97 Å². The summed E-state index contributed by atoms with van der Waals surface area (Å²) in [6.07, 6.45) is 3.43. The van der Waals surface area contributed by atoms with Crippen LogP contribution < -0.4 is 0 Å². The SMILES string of the molecule is C=C/C=N\c1ccccc1-c1ccc(C(C)(C)c2ccc(-c3cc(-c4ccccc4)nc(-c4ccccc4)n3)cc2)cc1. The minimum absolute atomic E-state index is 0.187. The maximum absolute atomic E-state index is 4.99. The second-order valence-corrected chi connectivity index (χ2v) is 11.0. The van der Waals surface area contributed by atoms with E-state index in [4.69, 9.17) is 9.97 Å². The molecule has 0 unspecified atom stereocenters. The lowest BCUT2D eigenvalue weighted by molar-refractivity contribution is 0.641. The lowest BCUT2D eigenvalue weighted by Gasteiger charge is -2.26. The van der Waals surface area contributed by atoms with Gasteiger partial charge in [-0.2, -0.15) is 0 Å². The van der Waals surface area contributed by atoms with E-state index in [9.17, 15) is 0 Å². The van der Waals surface area contributed by atoms with E-state index in [0.29, 0.717) is 0 Å². The second kappa shape index (κ2) is 12.2. The molecule has 0 radical (unpaired) electrons. The number of para-hydroxylation sites is 1. The van der Waals surface area contributed by atoms with Crippen LogP contribution in [0.1, 0.15) is 25.0 Å². The van der Waals surface area contributed by atoms with Crippen LogP contribution in [-0.4, -0.2) is 16.2 Å². The fraction of sp³-hybridized carbons (Fsp3) is 0.0750. The summed E-state index contributed by atoms with van der Waals surface area (Å²) < 4.78 is 0. The smallest absolute Gasteiger partial charge is 0.160 e. The molecule has 1 heterocycles. The number of hydrogen-bond donors (Lipinski definition) is 0. The molecule has 0 N–H and O–H groups in total. The van der Waals surface area contributed by atoms with E-state index in [1.807, 2.05) is 54.6 Å². The van der Waals surface area contributed by atoms with Crippen molar-refractivity contribution in [2.75, 3.05) is 0 Å². The highest BCUT2D eigenvalue weighted by molar-refractivity contribution is 5.82. The number of aliphatic imine (C=N–C) groups is 1. The number of benzene rings is 5. The average molecular weight is 556 g/mol. The van der Waals surface area contributed by atoms with E-state index in [0.717, 1.165) is 50.7 Å². The fourth-order valence-corrected chi connectivity index (χ4v) is 5.32. The summed E-state index contributed by atoms with van der Waals surface area (Å²) in [5.41, 5.74) is 10.4. The molecule has 208 valence electrons. The summed E-state index contributed by atoms with van der Waals surface area (Å²) in [6.45, 7) is 8.28. The maximum atomic E-state index is 4.99. The first-order valence-electron chi connectivity index (χ1n) is 14.5. The first-order chi connectivity index (χ1) is 21.0. The standard InChI is InChI=1S/C40H33N3/c1-4-27-41-36-18-12-11-17-35(36)29-19-23-33(24-20-29)40(2,3)34-25-21-31(22-26-34)38-28-37(30-13-7-5-8-14-30)42-39(43-38)32-15-9-6-10-16-32/h4-28H,1H2,2-3H3/b41-27-. The van der Waals surface area contributed by atoms with Crippen LogP contribution in [0.5, 0.6) is 0 Å². The molecule has 0 aliphatic rings. The molecule has 0 spiro atoms. The molecule has 6 aromatic rings. The molecule has 0 saturated carbocycles. The molecule has 3 heteroatoms. The molecule has 1 aromatic heterocycles. The molecule has 3 nitrogen and oxygen atoms in total. The Morgan fingerprint density at radius 2 is 1.05 bits per heavy atom. The Morgan fingerprint density at radius 1 is 0.558 bits per heavy atom. The van der Waals surface area contributed by atoms with Crippen molar-refractivity contribution in [1.82, 2.24) is 9.97 Å². The van der Waals surface area contributed by atoms with Crippen LogP contribution in [-0.2, 0) is 5.41 Å². The van der Waals surface area contributed by atoms with Gasteiger partial charge in [0, 0.05) is 33.9 Å². The highest BCUT2D eigenvalue weighted by atomic mass is 14.9. The molecule has 43 heavy (non-hydrogen) atoms. The largest absolute Gasteiger partial charge is 0.256 e. The van der Waals surface area contributed by atoms with Crippen molar-refractivity contribution >= 4 is 11.9 Å². The van der Waals surface area contributed by atoms with E-state index in [1.165, 1.54) is 11.1 Å². The van der Waals surface area contributed by atoms with E-state index >= 15 is 0 Å². The van der Waals surface area contributed by atoms with Crippen molar-refractivity contribution in [3.8, 4) is 45.0 Å². The molecule has 5 aromatic carbocycles. The van der Waals surface area contributed by atoms with Gasteiger partial charge in [0.05, 0.1) is 17.1 Å². The van der Waals surface area contributed by atoms with Gasteiger partial charge in [-0.05, 0) is 28.8 Å². The van der Waals surface area contributed by atoms with Crippen molar-refractivity contribution in [3.05, 3.63) is 163 Å². The summed E-state index contributed by atoms with van der Waals surface area (Å²) in [7, 11) is 0. The second-order valence-electron chi connectivity index (χ2n) is 11.0. The summed E-state index contributed by atoms with van der Waals surface area (Å²) in [6, 6.07) is 48.3. The number of rotatable bonds is 8. The molecular formula is C40H33N3. The minimum Gasteiger partial charge on any atom is -0.256 e. The number of nitrogens with zero attached hydrogens (tertiary/aromatic N) is 3. The van der Waals surface area contributed by atoms with E-state index in [2.05, 4.69) is 110 Å². The van der Waals surface area contributed by atoms with Crippen molar-refractivity contribution in [2.24, 2.45) is 4.99 Å². The van der Waals surface area contributed by atoms with Crippen LogP contribution in [0.4, 0.5) is 5.69 Å². The Morgan fingerprint density at radius 3 is 1.63 bits per heavy atom. The molecule has 0 aliphatic carbocycles. The maximum Gasteiger partial charge on any atom is 0.160 e. The normalized spacial score (nSPS) is 11.5. The lowest BCUT2D eigenvalue weighted by atomic mass is 9.77. The molecule has 0 atom stereocenters. The van der Waals surface area contributed by atoms with Gasteiger partial charge in [-0.15, -0.1) is 0 Å². The van der Waals surface area contributed by atoms with E-state index in [1.54, 1.807) is 12.3 Å². The van der Waals surface area contributed by atoms with Gasteiger partial charge >= 0.3 is 0 Å². The van der Waals surface area contributed by atoms with Crippen LogP contribution in [0.25, 0.3) is 45.0 Å². The topological polar surface area (TPSA) is 38.1 Å². The first kappa shape index (κ1) is 27.7. The molecule has 0 amide bonds. The summed E-state index contributed by atoms with van der Waals surface area (Å²) in [5.74, 6) is 0.721. The van der Waals surface area contributed by atoms with Crippen LogP contribution in [0.3, 0.4) is 0 Å². The first-order valence-corrected chi connectivity index (χ1v) is 14.5. The summed E-state index contributed by atoms with van der Waals surface area (Å²) in [5, 5.41) is 0. The highest BCUT2D eigenvalue weighted by Gasteiger charge is 2.23. The molecule has 0 fully saturated rings. The van der Waals surface area contributed by atoms with Gasteiger partial charge in [0.25, 0.3) is 0 Å². The Bertz CT molecular complexity index is 1810. The molecular weight excluding hydrogens is 522 g/mol.